The van der Waals surface area contributed by atoms with E-state index in [1.165, 1.54) is 12.4 Å². The lowest BCUT2D eigenvalue weighted by atomic mass is 10.1. The Morgan fingerprint density at radius 3 is 2.63 bits per heavy atom. The number of nitrogens with zero attached hydrogens (tertiary/aromatic N) is 3. The number of imidazole rings is 1. The van der Waals surface area contributed by atoms with E-state index in [1.807, 2.05) is 0 Å². The van der Waals surface area contributed by atoms with Gasteiger partial charge in [-0.25, -0.2) is 9.37 Å². The third kappa shape index (κ3) is 3.88. The van der Waals surface area contributed by atoms with Crippen molar-refractivity contribution in [3.05, 3.63) is 82.1 Å². The zero-order valence-corrected chi connectivity index (χ0v) is 17.2. The monoisotopic (exact) mass is 470 g/mol. The molecule has 0 aliphatic carbocycles. The van der Waals surface area contributed by atoms with Crippen LogP contribution in [0.4, 0.5) is 4.39 Å². The molecule has 7 nitrogen and oxygen atoms in total. The highest BCUT2D eigenvalue weighted by Crippen LogP contribution is 2.26. The second-order valence-electron chi connectivity index (χ2n) is 6.73. The van der Waals surface area contributed by atoms with Crippen LogP contribution in [0.5, 0.6) is 0 Å². The molecule has 0 fully saturated rings. The Morgan fingerprint density at radius 2 is 1.90 bits per heavy atom. The summed E-state index contributed by atoms with van der Waals surface area (Å²) in [5.41, 5.74) is 1.61. The van der Waals surface area contributed by atoms with Gasteiger partial charge in [0.15, 0.2) is 0 Å². The quantitative estimate of drug-likeness (QED) is 0.561. The summed E-state index contributed by atoms with van der Waals surface area (Å²) < 4.78 is 16.5. The van der Waals surface area contributed by atoms with Crippen molar-refractivity contribution in [2.75, 3.05) is 6.54 Å². The third-order valence-corrected chi connectivity index (χ3v) is 5.27. The van der Waals surface area contributed by atoms with E-state index < -0.39 is 17.6 Å². The van der Waals surface area contributed by atoms with Gasteiger partial charge in [-0.2, -0.15) is 0 Å². The molecule has 3 aromatic rings. The van der Waals surface area contributed by atoms with Gasteiger partial charge in [0.1, 0.15) is 5.82 Å². The fourth-order valence-corrected chi connectivity index (χ4v) is 3.60. The van der Waals surface area contributed by atoms with Crippen LogP contribution < -0.4 is 5.32 Å². The molecule has 4 rings (SSSR count). The summed E-state index contributed by atoms with van der Waals surface area (Å²) in [6, 6.07) is 9.53. The van der Waals surface area contributed by atoms with E-state index in [0.717, 1.165) is 4.90 Å². The summed E-state index contributed by atoms with van der Waals surface area (Å²) in [5.74, 6) is -1.60. The predicted molar refractivity (Wildman–Crippen MR) is 109 cm³/mol. The van der Waals surface area contributed by atoms with E-state index in [2.05, 4.69) is 26.2 Å². The van der Waals surface area contributed by atoms with Gasteiger partial charge in [-0.05, 0) is 35.9 Å². The Hall–Kier alpha value is -3.33. The van der Waals surface area contributed by atoms with Crippen LogP contribution in [0, 0.1) is 5.82 Å². The van der Waals surface area contributed by atoms with Crippen LogP contribution in [-0.2, 0) is 11.3 Å². The van der Waals surface area contributed by atoms with E-state index in [-0.39, 0.29) is 25.4 Å². The van der Waals surface area contributed by atoms with E-state index in [0.29, 0.717) is 26.9 Å². The first-order chi connectivity index (χ1) is 14.4. The number of carbonyl (C=O) groups is 3. The van der Waals surface area contributed by atoms with Crippen LogP contribution >= 0.6 is 15.9 Å². The van der Waals surface area contributed by atoms with Crippen LogP contribution in [0.1, 0.15) is 32.7 Å². The first-order valence-electron chi connectivity index (χ1n) is 9.13. The number of carbonyl (C=O) groups excluding carboxylic acids is 3. The molecule has 3 amide bonds. The molecular formula is C21H16BrFN4O3. The van der Waals surface area contributed by atoms with Crippen molar-refractivity contribution in [3.8, 4) is 5.69 Å². The van der Waals surface area contributed by atoms with Crippen molar-refractivity contribution >= 4 is 33.7 Å². The van der Waals surface area contributed by atoms with Crippen molar-refractivity contribution in [2.24, 2.45) is 0 Å². The predicted octanol–water partition coefficient (Wildman–Crippen LogP) is 3.08. The summed E-state index contributed by atoms with van der Waals surface area (Å²) in [5, 5.41) is 2.68. The number of amides is 3. The summed E-state index contributed by atoms with van der Waals surface area (Å²) in [4.78, 5) is 41.9. The smallest absolute Gasteiger partial charge is 0.261 e. The van der Waals surface area contributed by atoms with E-state index in [9.17, 15) is 18.8 Å². The van der Waals surface area contributed by atoms with Crippen molar-refractivity contribution in [1.82, 2.24) is 19.8 Å². The Morgan fingerprint density at radius 1 is 1.10 bits per heavy atom. The molecule has 1 N–H and O–H groups in total. The standard InChI is InChI=1S/C21H16BrFN4O3/c22-14-2-3-15-16(10-14)21(30)27(20(15)29)7-5-19(28)25-11-13-1-4-18(17(23)9-13)26-8-6-24-12-26/h1-4,6,8-10,12H,5,7,11H2,(H,25,28). The lowest BCUT2D eigenvalue weighted by Crippen LogP contribution is -2.34. The molecule has 2 aromatic carbocycles. The molecule has 1 aliphatic rings. The van der Waals surface area contributed by atoms with Crippen LogP contribution in [0.2, 0.25) is 0 Å². The zero-order chi connectivity index (χ0) is 21.3. The molecule has 1 aliphatic heterocycles. The zero-order valence-electron chi connectivity index (χ0n) is 15.6. The molecule has 0 saturated heterocycles. The molecule has 0 radical (unpaired) electrons. The SMILES string of the molecule is O=C(CCN1C(=O)c2ccc(Br)cc2C1=O)NCc1ccc(-n2ccnc2)c(F)c1. The molecule has 152 valence electrons. The minimum Gasteiger partial charge on any atom is -0.352 e. The maximum atomic E-state index is 14.3. The number of rotatable bonds is 6. The third-order valence-electron chi connectivity index (χ3n) is 4.78. The maximum Gasteiger partial charge on any atom is 0.261 e. The van der Waals surface area contributed by atoms with Crippen LogP contribution in [0.3, 0.4) is 0 Å². The first-order valence-corrected chi connectivity index (χ1v) is 9.92. The minimum atomic E-state index is -0.433. The average Bonchev–Trinajstić information content (AvgIpc) is 3.33. The lowest BCUT2D eigenvalue weighted by molar-refractivity contribution is -0.121. The highest BCUT2D eigenvalue weighted by molar-refractivity contribution is 9.10. The molecule has 9 heteroatoms. The number of halogens is 2. The number of imide groups is 1. The molecule has 0 spiro atoms. The van der Waals surface area contributed by atoms with Gasteiger partial charge in [0, 0.05) is 36.4 Å². The average molecular weight is 471 g/mol. The van der Waals surface area contributed by atoms with Gasteiger partial charge >= 0.3 is 0 Å². The van der Waals surface area contributed by atoms with E-state index in [4.69, 9.17) is 0 Å². The Bertz CT molecular complexity index is 1150. The molecule has 0 saturated carbocycles. The van der Waals surface area contributed by atoms with Crippen molar-refractivity contribution < 1.29 is 18.8 Å². The lowest BCUT2D eigenvalue weighted by Gasteiger charge is -2.13. The van der Waals surface area contributed by atoms with E-state index >= 15 is 0 Å². The Balaban J connectivity index is 1.32. The van der Waals surface area contributed by atoms with Crippen LogP contribution in [0.15, 0.2) is 59.6 Å². The maximum absolute atomic E-state index is 14.3. The van der Waals surface area contributed by atoms with Crippen LogP contribution in [-0.4, -0.2) is 38.7 Å². The topological polar surface area (TPSA) is 84.3 Å². The molecule has 2 heterocycles. The van der Waals surface area contributed by atoms with Gasteiger partial charge in [-0.1, -0.05) is 22.0 Å². The summed E-state index contributed by atoms with van der Waals surface area (Å²) in [6.45, 7) is 0.110. The number of aromatic nitrogens is 2. The summed E-state index contributed by atoms with van der Waals surface area (Å²) in [6.07, 6.45) is 4.65. The Kier molecular flexibility index (Phi) is 5.45. The van der Waals surface area contributed by atoms with Gasteiger partial charge in [0.05, 0.1) is 23.1 Å². The first kappa shape index (κ1) is 20.0. The number of hydrogen-bond acceptors (Lipinski definition) is 4. The summed E-state index contributed by atoms with van der Waals surface area (Å²) in [7, 11) is 0. The number of hydrogen-bond donors (Lipinski definition) is 1. The fourth-order valence-electron chi connectivity index (χ4n) is 3.24. The number of benzene rings is 2. The van der Waals surface area contributed by atoms with Crippen molar-refractivity contribution in [2.45, 2.75) is 13.0 Å². The Labute approximate surface area is 179 Å². The molecule has 1 aromatic heterocycles. The second-order valence-corrected chi connectivity index (χ2v) is 7.65. The molecule has 0 unspecified atom stereocenters. The minimum absolute atomic E-state index is 0.0241. The van der Waals surface area contributed by atoms with Gasteiger partial charge < -0.3 is 9.88 Å². The van der Waals surface area contributed by atoms with Crippen molar-refractivity contribution in [1.29, 1.82) is 0 Å². The van der Waals surface area contributed by atoms with E-state index in [1.54, 1.807) is 47.3 Å². The van der Waals surface area contributed by atoms with Gasteiger partial charge in [0.2, 0.25) is 5.91 Å². The van der Waals surface area contributed by atoms with Crippen LogP contribution in [0.25, 0.3) is 5.69 Å². The summed E-state index contributed by atoms with van der Waals surface area (Å²) >= 11 is 3.28. The van der Waals surface area contributed by atoms with Crippen molar-refractivity contribution in [3.63, 3.8) is 0 Å². The molecular weight excluding hydrogens is 455 g/mol. The molecule has 30 heavy (non-hydrogen) atoms. The number of nitrogens with one attached hydrogen (secondary N) is 1. The highest BCUT2D eigenvalue weighted by atomic mass is 79.9. The number of fused-ring (bicyclic) bond motifs is 1. The normalized spacial score (nSPS) is 12.9. The fraction of sp³-hybridized carbons (Fsp3) is 0.143. The second kappa shape index (κ2) is 8.19. The largest absolute Gasteiger partial charge is 0.352 e. The van der Waals surface area contributed by atoms with Gasteiger partial charge in [-0.3, -0.25) is 19.3 Å². The molecule has 0 atom stereocenters. The van der Waals surface area contributed by atoms with Gasteiger partial charge in [0.25, 0.3) is 11.8 Å². The molecule has 0 bridgehead atoms. The highest BCUT2D eigenvalue weighted by Gasteiger charge is 2.35. The van der Waals surface area contributed by atoms with Gasteiger partial charge in [-0.15, -0.1) is 0 Å².